The number of likely N-dealkylation sites (N-methyl/N-ethyl adjacent to an activating group) is 7. The van der Waals surface area contributed by atoms with Crippen molar-refractivity contribution in [2.75, 3.05) is 76.0 Å². The molecule has 2 fully saturated rings. The number of aliphatic hydroxyl groups excluding tert-OH is 1. The van der Waals surface area contributed by atoms with E-state index in [9.17, 15) is 24.3 Å². The number of hydrogen-bond donors (Lipinski definition) is 4. The Morgan fingerprint density at radius 3 is 1.42 bits per heavy atom. The van der Waals surface area contributed by atoms with Crippen LogP contribution in [0.5, 0.6) is 0 Å². The van der Waals surface area contributed by atoms with Crippen LogP contribution in [0.3, 0.4) is 0 Å². The molecule has 0 saturated carbocycles. The lowest BCUT2D eigenvalue weighted by molar-refractivity contribution is -0.154. The van der Waals surface area contributed by atoms with E-state index < -0.39 is 162 Å². The van der Waals surface area contributed by atoms with E-state index in [1.54, 1.807) is 110 Å². The fourth-order valence-electron chi connectivity index (χ4n) is 14.1. The van der Waals surface area contributed by atoms with Crippen molar-refractivity contribution < 1.29 is 67.4 Å². The fraction of sp³-hybridized carbons (Fsp3) is 0.627. The molecule has 3 aromatic rings. The summed E-state index contributed by atoms with van der Waals surface area (Å²) in [5.74, 6) is -10.9. The zero-order valence-electron chi connectivity index (χ0n) is 67.5. The smallest absolute Gasteiger partial charge is 0.248 e. The van der Waals surface area contributed by atoms with E-state index in [1.165, 1.54) is 99.6 Å². The normalized spacial score (nSPS) is 23.7. The second-order valence-electron chi connectivity index (χ2n) is 31.3. The molecule has 26 heteroatoms. The van der Waals surface area contributed by atoms with Crippen LogP contribution >= 0.6 is 0 Å². The van der Waals surface area contributed by atoms with Gasteiger partial charge in [0.05, 0.1) is 18.6 Å². The summed E-state index contributed by atoms with van der Waals surface area (Å²) < 4.78 is 0. The molecule has 0 radical (unpaired) electrons. The van der Waals surface area contributed by atoms with Crippen molar-refractivity contribution in [2.45, 2.75) is 234 Å². The molecule has 0 aromatic heterocycles. The third-order valence-corrected chi connectivity index (χ3v) is 21.4. The summed E-state index contributed by atoms with van der Waals surface area (Å²) in [5.41, 5.74) is 1.96. The lowest BCUT2D eigenvalue weighted by Gasteiger charge is -2.40. The molecule has 0 unspecified atom stereocenters. The number of nitrogens with one attached hydrogen (secondary N) is 3. The number of hydrogen-bond acceptors (Lipinski definition) is 14. The third kappa shape index (κ3) is 25.8. The van der Waals surface area contributed by atoms with Crippen molar-refractivity contribution in [2.24, 2.45) is 29.6 Å². The number of piperidine rings is 1. The van der Waals surface area contributed by atoms with Gasteiger partial charge in [-0.2, -0.15) is 0 Å². The zero-order chi connectivity index (χ0) is 80.7. The predicted molar refractivity (Wildman–Crippen MR) is 420 cm³/mol. The van der Waals surface area contributed by atoms with Gasteiger partial charge in [0.2, 0.25) is 70.9 Å². The van der Waals surface area contributed by atoms with Gasteiger partial charge in [-0.15, -0.1) is 0 Å². The first kappa shape index (κ1) is 92.3. The highest BCUT2D eigenvalue weighted by Gasteiger charge is 2.45. The maximum atomic E-state index is 15.6. The molecule has 3 aromatic carbocycles. The van der Waals surface area contributed by atoms with E-state index in [0.29, 0.717) is 36.2 Å². The van der Waals surface area contributed by atoms with Gasteiger partial charge in [0.15, 0.2) is 5.78 Å². The van der Waals surface area contributed by atoms with Crippen LogP contribution in [0.25, 0.3) is 0 Å². The molecular formula is C83H128N12O14. The summed E-state index contributed by atoms with van der Waals surface area (Å²) in [4.78, 5) is 207. The minimum Gasteiger partial charge on any atom is -0.391 e. The Morgan fingerprint density at radius 1 is 0.505 bits per heavy atom. The van der Waals surface area contributed by atoms with Gasteiger partial charge in [0.25, 0.3) is 0 Å². The topological polar surface area (TPSA) is 307 Å². The maximum absolute atomic E-state index is 15.6. The number of ketones is 1. The number of aliphatic hydroxyl groups is 1. The second kappa shape index (κ2) is 43.4. The van der Waals surface area contributed by atoms with Crippen LogP contribution in [0.15, 0.2) is 91.0 Å². The van der Waals surface area contributed by atoms with E-state index in [2.05, 4.69) is 16.0 Å². The molecule has 2 heterocycles. The van der Waals surface area contributed by atoms with Gasteiger partial charge in [0.1, 0.15) is 54.4 Å². The van der Waals surface area contributed by atoms with E-state index in [-0.39, 0.29) is 82.6 Å². The van der Waals surface area contributed by atoms with E-state index in [4.69, 9.17) is 0 Å². The van der Waals surface area contributed by atoms with Gasteiger partial charge in [-0.1, -0.05) is 167 Å². The van der Waals surface area contributed by atoms with E-state index in [0.717, 1.165) is 29.1 Å². The van der Waals surface area contributed by atoms with Crippen LogP contribution in [0.2, 0.25) is 0 Å². The van der Waals surface area contributed by atoms with Gasteiger partial charge in [-0.25, -0.2) is 0 Å². The van der Waals surface area contributed by atoms with Gasteiger partial charge in [-0.05, 0) is 99.2 Å². The Kier molecular flexibility index (Phi) is 36.7. The van der Waals surface area contributed by atoms with Crippen LogP contribution < -0.4 is 16.0 Å². The largest absolute Gasteiger partial charge is 0.391 e. The third-order valence-electron chi connectivity index (χ3n) is 21.4. The lowest BCUT2D eigenvalue weighted by Crippen LogP contribution is -2.62. The van der Waals surface area contributed by atoms with Crippen LogP contribution in [0.1, 0.15) is 164 Å². The van der Waals surface area contributed by atoms with Crippen molar-refractivity contribution in [1.82, 2.24) is 60.0 Å². The minimum absolute atomic E-state index is 0. The molecule has 2 aliphatic rings. The number of amides is 12. The number of benzene rings is 3. The van der Waals surface area contributed by atoms with Crippen molar-refractivity contribution in [1.29, 1.82) is 0 Å². The van der Waals surface area contributed by atoms with Crippen molar-refractivity contribution in [3.8, 4) is 0 Å². The molecule has 2 aliphatic heterocycles. The summed E-state index contributed by atoms with van der Waals surface area (Å²) in [5, 5.41) is 19.8. The molecule has 12 amide bonds. The van der Waals surface area contributed by atoms with Crippen LogP contribution in [0, 0.1) is 29.6 Å². The highest BCUT2D eigenvalue weighted by Crippen LogP contribution is 2.26. The van der Waals surface area contributed by atoms with Gasteiger partial charge >= 0.3 is 0 Å². The van der Waals surface area contributed by atoms with Gasteiger partial charge in [0, 0.05) is 108 Å². The van der Waals surface area contributed by atoms with Crippen molar-refractivity contribution in [3.63, 3.8) is 0 Å². The average Bonchev–Trinajstić information content (AvgIpc) is 0.794. The summed E-state index contributed by atoms with van der Waals surface area (Å²) >= 11 is 0. The molecule has 26 nitrogen and oxygen atoms in total. The Labute approximate surface area is 648 Å². The molecule has 13 atom stereocenters. The first-order valence-electron chi connectivity index (χ1n) is 38.4. The fourth-order valence-corrected chi connectivity index (χ4v) is 14.1. The Balaban J connectivity index is 0.0000251. The summed E-state index contributed by atoms with van der Waals surface area (Å²) in [6.07, 6.45) is 0.0637. The molecule has 0 spiro atoms. The highest BCUT2D eigenvalue weighted by molar-refractivity contribution is 6.00. The lowest BCUT2D eigenvalue weighted by atomic mass is 9.93. The summed E-state index contributed by atoms with van der Waals surface area (Å²) in [6, 6.07) is 13.0. The molecule has 0 aliphatic carbocycles. The molecule has 4 N–H and O–H groups in total. The molecule has 604 valence electrons. The first-order chi connectivity index (χ1) is 50.8. The second-order valence-corrected chi connectivity index (χ2v) is 31.3. The zero-order valence-corrected chi connectivity index (χ0v) is 67.5. The molecule has 2 saturated heterocycles. The number of nitrogens with zero attached hydrogens (tertiary/aromatic N) is 9. The van der Waals surface area contributed by atoms with Crippen LogP contribution in [0.4, 0.5) is 0 Å². The number of Topliss-reactive ketones (excluding diaryl/α,β-unsaturated/α-hetero) is 1. The highest BCUT2D eigenvalue weighted by atomic mass is 16.3. The standard InChI is InChI=1S/C82H124N12O14.CH4/c1-20-54(8)71-81(107)92(18)65(44-52(4)5)78(104)87(13)56(10)76(102)89(15)63(43-51(2)3)73(99)83-61(77(103)88(14)62(47-58-33-25-21-26-34-58)68(96)46-55(9)75(101)94-40-31-24-32-41-94)50-70(98)86(12)42-39-69(97)84-72(57(11)95)82(108)93(19)67(49-60-37-29-23-30-38-60)80(106)91(17)66(45-53(6)7)79(105)90(16)64(74(100)85-71)48-59-35-27-22-28-36-59;/h21-23,25-30,33-38,51-57,61-67,71-72,95H,20,24,31-32,39-50H2,1-19H3,(H,83,99)(H,84,97)(H,85,100);1H4/t54-,55+,56-,57+,61-,62-,63-,64-,65-,66-,67-,71-,72-;/m0./s1. The number of likely N-dealkylation sites (tertiary alicyclic amines) is 1. The minimum atomic E-state index is -1.74. The summed E-state index contributed by atoms with van der Waals surface area (Å²) in [7, 11) is 11.3. The molecular weight excluding hydrogens is 1390 g/mol. The number of carbonyl (C=O) groups is 13. The SMILES string of the molecule is C.CC[C@H](C)[C@@H]1NC(=O)[C@H](Cc2ccccc2)N(C)C(=O)[C@H](CC(C)C)N(C)C(=O)[C@H](Cc2ccccc2)N(C)C(=O)[C@H]([C@@H](C)O)NC(=O)CCN(C)C(=O)C[C@@H](C(=O)N(C)[C@@H](Cc2ccccc2)C(=O)C[C@@H](C)C(=O)N2CCCCC2)NC(=O)[C@H](CC(C)C)N(C)C(=O)[C@H](C)N(C)C(=O)[C@H](CC(C)C)N(C)C1=O. The number of carbonyl (C=O) groups excluding carboxylic acids is 13. The van der Waals surface area contributed by atoms with Crippen LogP contribution in [-0.2, 0) is 81.6 Å². The van der Waals surface area contributed by atoms with E-state index >= 15 is 43.2 Å². The predicted octanol–water partition coefficient (Wildman–Crippen LogP) is 6.04. The maximum Gasteiger partial charge on any atom is 0.248 e. The molecule has 0 bridgehead atoms. The Bertz CT molecular complexity index is 3540. The monoisotopic (exact) mass is 1520 g/mol. The van der Waals surface area contributed by atoms with Crippen molar-refractivity contribution >= 4 is 76.7 Å². The first-order valence-corrected chi connectivity index (χ1v) is 38.4. The van der Waals surface area contributed by atoms with Gasteiger partial charge in [-0.3, -0.25) is 62.3 Å². The molecule has 109 heavy (non-hydrogen) atoms. The Morgan fingerprint density at radius 2 is 0.927 bits per heavy atom. The van der Waals surface area contributed by atoms with Crippen molar-refractivity contribution in [3.05, 3.63) is 108 Å². The quantitative estimate of drug-likeness (QED) is 0.0946. The number of rotatable bonds is 21. The summed E-state index contributed by atoms with van der Waals surface area (Å²) in [6.45, 7) is 20.0. The average molecular weight is 1520 g/mol. The van der Waals surface area contributed by atoms with Gasteiger partial charge < -0.3 is 65.2 Å². The van der Waals surface area contributed by atoms with Crippen LogP contribution in [-0.4, -0.2) is 268 Å². The van der Waals surface area contributed by atoms with E-state index in [1.807, 2.05) is 48.5 Å². The Hall–Kier alpha value is -9.07. The molecule has 5 rings (SSSR count).